The number of rotatable bonds is 3. The molecule has 1 aromatic carbocycles. The van der Waals surface area contributed by atoms with E-state index in [0.717, 1.165) is 11.1 Å². The molecule has 0 N–H and O–H groups in total. The predicted molar refractivity (Wildman–Crippen MR) is 95.3 cm³/mol. The lowest BCUT2D eigenvalue weighted by molar-refractivity contribution is -0.131. The molecule has 2 fully saturated rings. The van der Waals surface area contributed by atoms with Gasteiger partial charge in [-0.1, -0.05) is 30.3 Å². The molecule has 6 nitrogen and oxygen atoms in total. The summed E-state index contributed by atoms with van der Waals surface area (Å²) in [6.45, 7) is 1.47. The van der Waals surface area contributed by atoms with Crippen LogP contribution in [0.3, 0.4) is 0 Å². The number of nitrogens with zero attached hydrogens (tertiary/aromatic N) is 2. The molecule has 26 heavy (non-hydrogen) atoms. The van der Waals surface area contributed by atoms with Crippen molar-refractivity contribution in [3.05, 3.63) is 41.5 Å². The van der Waals surface area contributed by atoms with Crippen molar-refractivity contribution in [1.82, 2.24) is 9.80 Å². The molecular formula is C20H22N2O4. The number of hydrogen-bond donors (Lipinski definition) is 0. The van der Waals surface area contributed by atoms with Crippen LogP contribution in [0.5, 0.6) is 0 Å². The standard InChI is InChI=1S/C20H22N2O4/c1-21-12-20(26-19(21)25)9-10-22(13-20)18(24)11-16-15(7-8-17(16)23)14-5-3-2-4-6-14/h2-6H,7-13H2,1H3/t20-/m0/s1. The van der Waals surface area contributed by atoms with E-state index < -0.39 is 5.60 Å². The van der Waals surface area contributed by atoms with Crippen molar-refractivity contribution in [1.29, 1.82) is 0 Å². The molecule has 1 aromatic rings. The maximum Gasteiger partial charge on any atom is 0.410 e. The van der Waals surface area contributed by atoms with Gasteiger partial charge in [-0.15, -0.1) is 0 Å². The van der Waals surface area contributed by atoms with Crippen molar-refractivity contribution in [2.75, 3.05) is 26.7 Å². The number of likely N-dealkylation sites (N-methyl/N-ethyl adjacent to an activating group) is 1. The van der Waals surface area contributed by atoms with Crippen LogP contribution in [0.2, 0.25) is 0 Å². The molecule has 2 saturated heterocycles. The molecule has 0 bridgehead atoms. The van der Waals surface area contributed by atoms with Gasteiger partial charge in [-0.05, 0) is 17.6 Å². The van der Waals surface area contributed by atoms with E-state index in [1.54, 1.807) is 16.8 Å². The molecule has 2 aliphatic heterocycles. The number of allylic oxidation sites excluding steroid dienone is 1. The Bertz CT molecular complexity index is 801. The molecule has 1 spiro atoms. The quantitative estimate of drug-likeness (QED) is 0.835. The van der Waals surface area contributed by atoms with Gasteiger partial charge in [-0.2, -0.15) is 0 Å². The van der Waals surface area contributed by atoms with E-state index in [2.05, 4.69) is 0 Å². The minimum Gasteiger partial charge on any atom is -0.439 e. The second-order valence-corrected chi connectivity index (χ2v) is 7.40. The summed E-state index contributed by atoms with van der Waals surface area (Å²) in [6, 6.07) is 9.79. The third-order valence-electron chi connectivity index (χ3n) is 5.56. The zero-order valence-corrected chi connectivity index (χ0v) is 14.9. The highest BCUT2D eigenvalue weighted by Gasteiger charge is 2.49. The van der Waals surface area contributed by atoms with E-state index in [1.807, 2.05) is 30.3 Å². The zero-order chi connectivity index (χ0) is 18.3. The van der Waals surface area contributed by atoms with E-state index in [0.29, 0.717) is 44.5 Å². The summed E-state index contributed by atoms with van der Waals surface area (Å²) in [7, 11) is 1.70. The Morgan fingerprint density at radius 1 is 1.15 bits per heavy atom. The molecule has 3 aliphatic rings. The zero-order valence-electron chi connectivity index (χ0n) is 14.9. The summed E-state index contributed by atoms with van der Waals surface area (Å²) in [5.74, 6) is 0.00398. The summed E-state index contributed by atoms with van der Waals surface area (Å²) >= 11 is 0. The Morgan fingerprint density at radius 2 is 1.92 bits per heavy atom. The lowest BCUT2D eigenvalue weighted by Crippen LogP contribution is -2.39. The van der Waals surface area contributed by atoms with Crippen LogP contribution in [0.25, 0.3) is 5.57 Å². The fourth-order valence-electron chi connectivity index (χ4n) is 4.20. The van der Waals surface area contributed by atoms with E-state index in [-0.39, 0.29) is 24.2 Å². The van der Waals surface area contributed by atoms with Crippen LogP contribution < -0.4 is 0 Å². The third kappa shape index (κ3) is 2.89. The van der Waals surface area contributed by atoms with Gasteiger partial charge in [-0.3, -0.25) is 9.59 Å². The van der Waals surface area contributed by atoms with Crippen molar-refractivity contribution >= 4 is 23.4 Å². The van der Waals surface area contributed by atoms with Crippen molar-refractivity contribution in [2.24, 2.45) is 0 Å². The number of benzene rings is 1. The molecule has 0 radical (unpaired) electrons. The number of carbonyl (C=O) groups excluding carboxylic acids is 3. The fraction of sp³-hybridized carbons (Fsp3) is 0.450. The summed E-state index contributed by atoms with van der Waals surface area (Å²) in [5, 5.41) is 0. The van der Waals surface area contributed by atoms with Crippen molar-refractivity contribution in [2.45, 2.75) is 31.3 Å². The van der Waals surface area contributed by atoms with Crippen LogP contribution in [0, 0.1) is 0 Å². The van der Waals surface area contributed by atoms with Crippen LogP contribution in [-0.4, -0.2) is 59.9 Å². The number of carbonyl (C=O) groups is 3. The molecule has 0 aromatic heterocycles. The number of Topliss-reactive ketones (excluding diaryl/α,β-unsaturated/α-hetero) is 1. The lowest BCUT2D eigenvalue weighted by atomic mass is 9.99. The van der Waals surface area contributed by atoms with Gasteiger partial charge in [0.05, 0.1) is 19.5 Å². The molecule has 1 aliphatic carbocycles. The first-order chi connectivity index (χ1) is 12.5. The highest BCUT2D eigenvalue weighted by atomic mass is 16.6. The van der Waals surface area contributed by atoms with Gasteiger partial charge in [0.1, 0.15) is 0 Å². The average molecular weight is 354 g/mol. The molecule has 0 unspecified atom stereocenters. The van der Waals surface area contributed by atoms with Crippen LogP contribution in [0.4, 0.5) is 4.79 Å². The van der Waals surface area contributed by atoms with Crippen LogP contribution in [-0.2, 0) is 14.3 Å². The summed E-state index contributed by atoms with van der Waals surface area (Å²) in [6.07, 6.45) is 1.60. The maximum absolute atomic E-state index is 12.8. The van der Waals surface area contributed by atoms with E-state index >= 15 is 0 Å². The lowest BCUT2D eigenvalue weighted by Gasteiger charge is -2.22. The normalized spacial score (nSPS) is 25.6. The third-order valence-corrected chi connectivity index (χ3v) is 5.56. The fourth-order valence-corrected chi connectivity index (χ4v) is 4.20. The summed E-state index contributed by atoms with van der Waals surface area (Å²) < 4.78 is 5.50. The average Bonchev–Trinajstić information content (AvgIpc) is 3.28. The smallest absolute Gasteiger partial charge is 0.410 e. The van der Waals surface area contributed by atoms with Gasteiger partial charge >= 0.3 is 6.09 Å². The van der Waals surface area contributed by atoms with E-state index in [4.69, 9.17) is 4.74 Å². The van der Waals surface area contributed by atoms with Gasteiger partial charge in [0.15, 0.2) is 11.4 Å². The van der Waals surface area contributed by atoms with Crippen LogP contribution >= 0.6 is 0 Å². The minimum absolute atomic E-state index is 0.0637. The topological polar surface area (TPSA) is 66.9 Å². The Morgan fingerprint density at radius 3 is 2.62 bits per heavy atom. The first-order valence-electron chi connectivity index (χ1n) is 9.00. The largest absolute Gasteiger partial charge is 0.439 e. The summed E-state index contributed by atoms with van der Waals surface area (Å²) in [5.41, 5.74) is 2.07. The van der Waals surface area contributed by atoms with Gasteiger partial charge in [0.25, 0.3) is 0 Å². The van der Waals surface area contributed by atoms with Crippen LogP contribution in [0.1, 0.15) is 31.2 Å². The van der Waals surface area contributed by atoms with E-state index in [1.165, 1.54) is 0 Å². The Kier molecular flexibility index (Phi) is 4.05. The first-order valence-corrected chi connectivity index (χ1v) is 9.00. The molecule has 1 atom stereocenters. The van der Waals surface area contributed by atoms with Crippen molar-refractivity contribution in [3.8, 4) is 0 Å². The first kappa shape index (κ1) is 16.8. The Hall–Kier alpha value is -2.63. The molecule has 136 valence electrons. The predicted octanol–water partition coefficient (Wildman–Crippen LogP) is 2.25. The number of ketones is 1. The second kappa shape index (κ2) is 6.27. The summed E-state index contributed by atoms with van der Waals surface area (Å²) in [4.78, 5) is 40.1. The number of ether oxygens (including phenoxy) is 1. The minimum atomic E-state index is -0.585. The number of amides is 2. The SMILES string of the molecule is CN1C[C@]2(CCN(C(=O)CC3=C(c4ccccc4)CCC3=O)C2)OC1=O. The number of likely N-dealkylation sites (tertiary alicyclic amines) is 1. The second-order valence-electron chi connectivity index (χ2n) is 7.40. The Labute approximate surface area is 152 Å². The van der Waals surface area contributed by atoms with Gasteiger partial charge < -0.3 is 14.5 Å². The van der Waals surface area contributed by atoms with E-state index in [9.17, 15) is 14.4 Å². The van der Waals surface area contributed by atoms with Crippen LogP contribution in [0.15, 0.2) is 35.9 Å². The highest BCUT2D eigenvalue weighted by Crippen LogP contribution is 2.36. The highest BCUT2D eigenvalue weighted by molar-refractivity contribution is 6.10. The van der Waals surface area contributed by atoms with Crippen molar-refractivity contribution < 1.29 is 19.1 Å². The van der Waals surface area contributed by atoms with Gasteiger partial charge in [-0.25, -0.2) is 4.79 Å². The molecule has 6 heteroatoms. The van der Waals surface area contributed by atoms with Gasteiger partial charge in [0.2, 0.25) is 5.91 Å². The Balaban J connectivity index is 1.49. The molecule has 0 saturated carbocycles. The molecule has 2 heterocycles. The monoisotopic (exact) mass is 354 g/mol. The number of hydrogen-bond acceptors (Lipinski definition) is 4. The molecule has 4 rings (SSSR count). The molecular weight excluding hydrogens is 332 g/mol. The molecule has 2 amide bonds. The maximum atomic E-state index is 12.8. The van der Waals surface area contributed by atoms with Gasteiger partial charge in [0, 0.05) is 32.0 Å². The van der Waals surface area contributed by atoms with Crippen molar-refractivity contribution in [3.63, 3.8) is 0 Å².